The summed E-state index contributed by atoms with van der Waals surface area (Å²) in [5.41, 5.74) is 9.36. The lowest BCUT2D eigenvalue weighted by Crippen LogP contribution is -2.18. The SMILES string of the molecule is C=C1C=CC=C1C(=O)O.NC(N)=O. The van der Waals surface area contributed by atoms with Gasteiger partial charge >= 0.3 is 12.0 Å². The van der Waals surface area contributed by atoms with Crippen molar-refractivity contribution in [2.75, 3.05) is 0 Å². The van der Waals surface area contributed by atoms with Crippen LogP contribution < -0.4 is 11.5 Å². The molecule has 0 spiro atoms. The maximum absolute atomic E-state index is 10.2. The Morgan fingerprint density at radius 1 is 1.38 bits per heavy atom. The number of hydrogen-bond acceptors (Lipinski definition) is 2. The topological polar surface area (TPSA) is 106 Å². The summed E-state index contributed by atoms with van der Waals surface area (Å²) in [6, 6.07) is -0.833. The van der Waals surface area contributed by atoms with Gasteiger partial charge in [-0.05, 0) is 11.6 Å². The van der Waals surface area contributed by atoms with Crippen LogP contribution in [0.2, 0.25) is 0 Å². The Morgan fingerprint density at radius 3 is 2.00 bits per heavy atom. The number of carboxylic acids is 1. The summed E-state index contributed by atoms with van der Waals surface area (Å²) < 4.78 is 0. The molecule has 0 aromatic rings. The van der Waals surface area contributed by atoms with Gasteiger partial charge in [-0.1, -0.05) is 18.7 Å². The second-order valence-corrected chi connectivity index (χ2v) is 2.17. The summed E-state index contributed by atoms with van der Waals surface area (Å²) in [5, 5.41) is 8.41. The van der Waals surface area contributed by atoms with Crippen molar-refractivity contribution < 1.29 is 14.7 Å². The zero-order chi connectivity index (χ0) is 10.4. The highest BCUT2D eigenvalue weighted by Crippen LogP contribution is 2.15. The van der Waals surface area contributed by atoms with Gasteiger partial charge in [-0.3, -0.25) is 0 Å². The van der Waals surface area contributed by atoms with E-state index in [-0.39, 0.29) is 5.57 Å². The van der Waals surface area contributed by atoms with E-state index in [4.69, 9.17) is 9.90 Å². The van der Waals surface area contributed by atoms with Gasteiger partial charge in [-0.25, -0.2) is 9.59 Å². The number of hydrogen-bond donors (Lipinski definition) is 3. The second kappa shape index (κ2) is 4.76. The third kappa shape index (κ3) is 4.41. The fourth-order valence-electron chi connectivity index (χ4n) is 0.666. The Labute approximate surface area is 75.0 Å². The van der Waals surface area contributed by atoms with Gasteiger partial charge in [0.15, 0.2) is 0 Å². The first kappa shape index (κ1) is 11.0. The van der Waals surface area contributed by atoms with Crippen LogP contribution in [0.1, 0.15) is 0 Å². The zero-order valence-corrected chi connectivity index (χ0v) is 6.86. The van der Waals surface area contributed by atoms with E-state index >= 15 is 0 Å². The van der Waals surface area contributed by atoms with Crippen molar-refractivity contribution in [1.29, 1.82) is 0 Å². The Kier molecular flexibility index (Phi) is 4.01. The van der Waals surface area contributed by atoms with E-state index in [1.54, 1.807) is 12.2 Å². The summed E-state index contributed by atoms with van der Waals surface area (Å²) >= 11 is 0. The third-order valence-electron chi connectivity index (χ3n) is 1.14. The molecular weight excluding hydrogens is 172 g/mol. The molecule has 0 aromatic heterocycles. The van der Waals surface area contributed by atoms with Gasteiger partial charge in [-0.2, -0.15) is 0 Å². The number of urea groups is 1. The Morgan fingerprint density at radius 2 is 1.85 bits per heavy atom. The van der Waals surface area contributed by atoms with Crippen LogP contribution in [0.5, 0.6) is 0 Å². The molecule has 5 nitrogen and oxygen atoms in total. The average molecular weight is 182 g/mol. The average Bonchev–Trinajstić information content (AvgIpc) is 2.33. The predicted molar refractivity (Wildman–Crippen MR) is 47.8 cm³/mol. The van der Waals surface area contributed by atoms with Crippen LogP contribution in [0.3, 0.4) is 0 Å². The smallest absolute Gasteiger partial charge is 0.336 e. The lowest BCUT2D eigenvalue weighted by molar-refractivity contribution is -0.132. The quantitative estimate of drug-likeness (QED) is 0.537. The molecule has 5 N–H and O–H groups in total. The van der Waals surface area contributed by atoms with Gasteiger partial charge in [0.25, 0.3) is 0 Å². The molecule has 1 aliphatic carbocycles. The molecule has 0 bridgehead atoms. The first-order valence-electron chi connectivity index (χ1n) is 3.31. The maximum atomic E-state index is 10.2. The fourth-order valence-corrected chi connectivity index (χ4v) is 0.666. The van der Waals surface area contributed by atoms with Crippen LogP contribution in [0.15, 0.2) is 36.0 Å². The molecule has 0 radical (unpaired) electrons. The summed E-state index contributed by atoms with van der Waals surface area (Å²) in [5.74, 6) is -0.912. The highest BCUT2D eigenvalue weighted by Gasteiger charge is 2.10. The van der Waals surface area contributed by atoms with Crippen LogP contribution in [0.4, 0.5) is 4.79 Å². The number of primary amides is 2. The van der Waals surface area contributed by atoms with E-state index in [1.807, 2.05) is 0 Å². The molecule has 2 amide bonds. The number of amides is 2. The molecule has 0 aliphatic heterocycles. The van der Waals surface area contributed by atoms with Crippen molar-refractivity contribution in [1.82, 2.24) is 0 Å². The minimum absolute atomic E-state index is 0.287. The van der Waals surface area contributed by atoms with Crippen molar-refractivity contribution >= 4 is 12.0 Å². The van der Waals surface area contributed by atoms with Crippen molar-refractivity contribution in [2.45, 2.75) is 0 Å². The number of carbonyl (C=O) groups is 2. The first-order chi connectivity index (χ1) is 5.95. The van der Waals surface area contributed by atoms with Crippen molar-refractivity contribution in [3.8, 4) is 0 Å². The summed E-state index contributed by atoms with van der Waals surface area (Å²) in [7, 11) is 0. The number of allylic oxidation sites excluding steroid dienone is 3. The highest BCUT2D eigenvalue weighted by molar-refractivity contribution is 5.94. The van der Waals surface area contributed by atoms with Gasteiger partial charge in [-0.15, -0.1) is 0 Å². The van der Waals surface area contributed by atoms with Crippen LogP contribution in [0, 0.1) is 0 Å². The first-order valence-corrected chi connectivity index (χ1v) is 3.31. The standard InChI is InChI=1S/C7H6O2.CH4N2O/c1-5-3-2-4-6(5)7(8)9;2-1(3)4/h2-4H,1H2,(H,8,9);(H4,2,3,4). The van der Waals surface area contributed by atoms with E-state index in [2.05, 4.69) is 18.0 Å². The molecule has 0 atom stereocenters. The third-order valence-corrected chi connectivity index (χ3v) is 1.14. The molecule has 13 heavy (non-hydrogen) atoms. The van der Waals surface area contributed by atoms with Gasteiger partial charge in [0, 0.05) is 0 Å². The van der Waals surface area contributed by atoms with Crippen molar-refractivity contribution in [3.05, 3.63) is 36.0 Å². The summed E-state index contributed by atoms with van der Waals surface area (Å²) in [6.45, 7) is 3.52. The fraction of sp³-hybridized carbons (Fsp3) is 0. The van der Waals surface area contributed by atoms with Crippen molar-refractivity contribution in [2.24, 2.45) is 11.5 Å². The van der Waals surface area contributed by atoms with E-state index in [9.17, 15) is 4.79 Å². The summed E-state index contributed by atoms with van der Waals surface area (Å²) in [6.07, 6.45) is 4.87. The van der Waals surface area contributed by atoms with Crippen LogP contribution in [0.25, 0.3) is 0 Å². The monoisotopic (exact) mass is 182 g/mol. The number of carboxylic acid groups (broad SMARTS) is 1. The lowest BCUT2D eigenvalue weighted by Gasteiger charge is -1.92. The molecule has 0 saturated carbocycles. The number of nitrogens with two attached hydrogens (primary N) is 2. The van der Waals surface area contributed by atoms with E-state index in [0.29, 0.717) is 5.57 Å². The minimum Gasteiger partial charge on any atom is -0.478 e. The molecular formula is C8H10N2O3. The minimum atomic E-state index is -0.912. The number of rotatable bonds is 1. The van der Waals surface area contributed by atoms with Crippen LogP contribution >= 0.6 is 0 Å². The molecule has 5 heteroatoms. The van der Waals surface area contributed by atoms with E-state index in [0.717, 1.165) is 0 Å². The van der Waals surface area contributed by atoms with Gasteiger partial charge < -0.3 is 16.6 Å². The van der Waals surface area contributed by atoms with E-state index < -0.39 is 12.0 Å². The molecule has 0 unspecified atom stereocenters. The Hall–Kier alpha value is -2.04. The Bertz CT molecular complexity index is 299. The normalized spacial score (nSPS) is 12.9. The maximum Gasteiger partial charge on any atom is 0.336 e. The van der Waals surface area contributed by atoms with Gasteiger partial charge in [0.05, 0.1) is 5.57 Å². The zero-order valence-electron chi connectivity index (χ0n) is 6.86. The second-order valence-electron chi connectivity index (χ2n) is 2.17. The molecule has 70 valence electrons. The highest BCUT2D eigenvalue weighted by atomic mass is 16.4. The van der Waals surface area contributed by atoms with Gasteiger partial charge in [0.1, 0.15) is 0 Å². The van der Waals surface area contributed by atoms with Gasteiger partial charge in [0.2, 0.25) is 0 Å². The van der Waals surface area contributed by atoms with Crippen molar-refractivity contribution in [3.63, 3.8) is 0 Å². The Balaban J connectivity index is 0.000000310. The largest absolute Gasteiger partial charge is 0.478 e. The number of aliphatic carboxylic acids is 1. The van der Waals surface area contributed by atoms with E-state index in [1.165, 1.54) is 6.08 Å². The lowest BCUT2D eigenvalue weighted by atomic mass is 10.2. The molecule has 1 aliphatic rings. The summed E-state index contributed by atoms with van der Waals surface area (Å²) in [4.78, 5) is 19.2. The van der Waals surface area contributed by atoms with Crippen LogP contribution in [-0.2, 0) is 4.79 Å². The number of carbonyl (C=O) groups excluding carboxylic acids is 1. The van der Waals surface area contributed by atoms with Crippen LogP contribution in [-0.4, -0.2) is 17.1 Å². The molecule has 0 heterocycles. The molecule has 0 fully saturated rings. The molecule has 0 aromatic carbocycles. The molecule has 1 rings (SSSR count). The predicted octanol–water partition coefficient (Wildman–Crippen LogP) is 0.147. The molecule has 0 saturated heterocycles.